The van der Waals surface area contributed by atoms with E-state index < -0.39 is 18.8 Å². The molecule has 0 rings (SSSR count). The third kappa shape index (κ3) is 5.65. The van der Waals surface area contributed by atoms with Gasteiger partial charge in [-0.2, -0.15) is 0 Å². The van der Waals surface area contributed by atoms with Gasteiger partial charge in [-0.3, -0.25) is 13.6 Å². The van der Waals surface area contributed by atoms with Crippen molar-refractivity contribution in [3.8, 4) is 24.7 Å². The molecule has 4 heteroatoms. The highest BCUT2D eigenvalue weighted by Gasteiger charge is 2.32. The zero-order valence-electron chi connectivity index (χ0n) is 9.83. The molecule has 0 aromatic rings. The van der Waals surface area contributed by atoms with Gasteiger partial charge in [-0.15, -0.1) is 12.8 Å². The zero-order chi connectivity index (χ0) is 12.3. The summed E-state index contributed by atoms with van der Waals surface area (Å²) in [5.41, 5.74) is -1.87. The predicted octanol–water partition coefficient (Wildman–Crippen LogP) is 2.67. The Morgan fingerprint density at radius 1 is 1.00 bits per heavy atom. The van der Waals surface area contributed by atoms with Crippen LogP contribution in [0.1, 0.15) is 27.7 Å². The lowest BCUT2D eigenvalue weighted by atomic mass is 10.2. The molecule has 0 aromatic carbocycles. The summed E-state index contributed by atoms with van der Waals surface area (Å²) in [4.78, 5) is 0. The van der Waals surface area contributed by atoms with E-state index in [2.05, 4.69) is 11.8 Å². The fraction of sp³-hybridized carbons (Fsp3) is 0.636. The van der Waals surface area contributed by atoms with Crippen LogP contribution < -0.4 is 0 Å². The van der Waals surface area contributed by atoms with Gasteiger partial charge in [0.05, 0.1) is 0 Å². The summed E-state index contributed by atoms with van der Waals surface area (Å²) in [6.45, 7) is 7.89. The Labute approximate surface area is 92.1 Å². The normalized spacial score (nSPS) is 13.0. The van der Waals surface area contributed by atoms with E-state index in [-0.39, 0.29) is 0 Å². The maximum atomic E-state index is 11.9. The Kier molecular flexibility index (Phi) is 4.20. The first-order valence-corrected chi connectivity index (χ1v) is 6.47. The van der Waals surface area contributed by atoms with Crippen LogP contribution in [0.2, 0.25) is 0 Å². The average Bonchev–Trinajstić information content (AvgIpc) is 2.00. The topological polar surface area (TPSA) is 35.5 Å². The molecule has 15 heavy (non-hydrogen) atoms. The fourth-order valence-electron chi connectivity index (χ4n) is 0.900. The quantitative estimate of drug-likeness (QED) is 0.548. The van der Waals surface area contributed by atoms with Gasteiger partial charge in [-0.25, -0.2) is 0 Å². The fourth-order valence-corrected chi connectivity index (χ4v) is 2.70. The number of rotatable bonds is 4. The van der Waals surface area contributed by atoms with Crippen molar-refractivity contribution in [2.45, 2.75) is 38.9 Å². The molecule has 0 amide bonds. The molecule has 0 fully saturated rings. The van der Waals surface area contributed by atoms with Crippen LogP contribution in [0.25, 0.3) is 0 Å². The van der Waals surface area contributed by atoms with Crippen molar-refractivity contribution >= 4 is 7.60 Å². The van der Waals surface area contributed by atoms with Gasteiger partial charge < -0.3 is 0 Å². The summed E-state index contributed by atoms with van der Waals surface area (Å²) in [7, 11) is -3.25. The van der Waals surface area contributed by atoms with Gasteiger partial charge >= 0.3 is 7.60 Å². The van der Waals surface area contributed by atoms with Crippen LogP contribution in [-0.4, -0.2) is 17.9 Å². The van der Waals surface area contributed by atoms with Gasteiger partial charge in [-0.1, -0.05) is 11.8 Å². The smallest absolute Gasteiger partial charge is 0.290 e. The van der Waals surface area contributed by atoms with E-state index in [0.717, 1.165) is 0 Å². The van der Waals surface area contributed by atoms with Crippen molar-refractivity contribution in [1.29, 1.82) is 0 Å². The molecule has 0 saturated heterocycles. The van der Waals surface area contributed by atoms with Gasteiger partial charge in [0.25, 0.3) is 0 Å². The second-order valence-electron chi connectivity index (χ2n) is 4.26. The molecule has 0 aliphatic rings. The standard InChI is InChI=1S/C11H17O3P/c1-8-10(3,4)13-15(7,12)14-11(5,6)9-2/h1-2H,3-7H3. The molecule has 0 N–H and O–H groups in total. The van der Waals surface area contributed by atoms with Gasteiger partial charge in [0.2, 0.25) is 0 Å². The molecular formula is C11H17O3P. The van der Waals surface area contributed by atoms with Crippen LogP contribution in [-0.2, 0) is 13.6 Å². The lowest BCUT2D eigenvalue weighted by Gasteiger charge is -2.28. The van der Waals surface area contributed by atoms with Crippen molar-refractivity contribution in [3.63, 3.8) is 0 Å². The lowest BCUT2D eigenvalue weighted by Crippen LogP contribution is -2.25. The van der Waals surface area contributed by atoms with Crippen LogP contribution in [0, 0.1) is 24.7 Å². The molecule has 0 atom stereocenters. The monoisotopic (exact) mass is 228 g/mol. The highest BCUT2D eigenvalue weighted by molar-refractivity contribution is 7.53. The van der Waals surface area contributed by atoms with Gasteiger partial charge in [-0.05, 0) is 27.7 Å². The first-order valence-electron chi connectivity index (χ1n) is 4.48. The molecular weight excluding hydrogens is 211 g/mol. The molecule has 0 aliphatic carbocycles. The van der Waals surface area contributed by atoms with Gasteiger partial charge in [0.15, 0.2) is 0 Å². The Bertz CT molecular complexity index is 323. The molecule has 0 heterocycles. The maximum Gasteiger partial charge on any atom is 0.330 e. The zero-order valence-corrected chi connectivity index (χ0v) is 10.7. The van der Waals surface area contributed by atoms with Crippen LogP contribution in [0.4, 0.5) is 0 Å². The summed E-state index contributed by atoms with van der Waals surface area (Å²) < 4.78 is 22.4. The predicted molar refractivity (Wildman–Crippen MR) is 61.5 cm³/mol. The Hall–Kier alpha value is -0.730. The first-order chi connectivity index (χ1) is 6.54. The van der Waals surface area contributed by atoms with Crippen LogP contribution in [0.3, 0.4) is 0 Å². The lowest BCUT2D eigenvalue weighted by molar-refractivity contribution is 0.0869. The average molecular weight is 228 g/mol. The third-order valence-electron chi connectivity index (χ3n) is 1.48. The van der Waals surface area contributed by atoms with Crippen molar-refractivity contribution in [3.05, 3.63) is 0 Å². The molecule has 0 unspecified atom stereocenters. The molecule has 0 spiro atoms. The van der Waals surface area contributed by atoms with Crippen molar-refractivity contribution in [2.75, 3.05) is 6.66 Å². The number of hydrogen-bond donors (Lipinski definition) is 0. The van der Waals surface area contributed by atoms with Crippen LogP contribution in [0.15, 0.2) is 0 Å². The number of terminal acetylenes is 2. The van der Waals surface area contributed by atoms with E-state index in [1.807, 2.05) is 0 Å². The van der Waals surface area contributed by atoms with E-state index in [1.54, 1.807) is 27.7 Å². The Morgan fingerprint density at radius 3 is 1.47 bits per heavy atom. The molecule has 84 valence electrons. The highest BCUT2D eigenvalue weighted by Crippen LogP contribution is 2.50. The van der Waals surface area contributed by atoms with E-state index >= 15 is 0 Å². The van der Waals surface area contributed by atoms with Crippen molar-refractivity contribution in [2.24, 2.45) is 0 Å². The summed E-state index contributed by atoms with van der Waals surface area (Å²) in [5.74, 6) is 4.75. The van der Waals surface area contributed by atoms with E-state index in [0.29, 0.717) is 0 Å². The van der Waals surface area contributed by atoms with E-state index in [9.17, 15) is 4.57 Å². The molecule has 0 radical (unpaired) electrons. The molecule has 0 aliphatic heterocycles. The van der Waals surface area contributed by atoms with E-state index in [1.165, 1.54) is 6.66 Å². The minimum atomic E-state index is -3.25. The largest absolute Gasteiger partial charge is 0.330 e. The summed E-state index contributed by atoms with van der Waals surface area (Å²) in [5, 5.41) is 0. The highest BCUT2D eigenvalue weighted by atomic mass is 31.2. The van der Waals surface area contributed by atoms with E-state index in [4.69, 9.17) is 21.9 Å². The second kappa shape index (κ2) is 4.42. The van der Waals surface area contributed by atoms with Crippen molar-refractivity contribution in [1.82, 2.24) is 0 Å². The van der Waals surface area contributed by atoms with Gasteiger partial charge in [0, 0.05) is 6.66 Å². The molecule has 0 saturated carbocycles. The maximum absolute atomic E-state index is 11.9. The first kappa shape index (κ1) is 14.3. The van der Waals surface area contributed by atoms with Gasteiger partial charge in [0.1, 0.15) is 11.2 Å². The summed E-state index contributed by atoms with van der Waals surface area (Å²) in [6, 6.07) is 0. The minimum absolute atomic E-state index is 0.936. The molecule has 3 nitrogen and oxygen atoms in total. The van der Waals surface area contributed by atoms with Crippen LogP contribution >= 0.6 is 7.60 Å². The molecule has 0 aromatic heterocycles. The molecule has 0 bridgehead atoms. The second-order valence-corrected chi connectivity index (χ2v) is 6.17. The van der Waals surface area contributed by atoms with Crippen LogP contribution in [0.5, 0.6) is 0 Å². The SMILES string of the molecule is C#CC(C)(C)OP(C)(=O)OC(C)(C)C#C. The summed E-state index contributed by atoms with van der Waals surface area (Å²) in [6.07, 6.45) is 10.4. The third-order valence-corrected chi connectivity index (χ3v) is 3.06. The minimum Gasteiger partial charge on any atom is -0.290 e. The summed E-state index contributed by atoms with van der Waals surface area (Å²) >= 11 is 0. The Morgan fingerprint density at radius 2 is 1.27 bits per heavy atom. The van der Waals surface area contributed by atoms with Crippen molar-refractivity contribution < 1.29 is 13.6 Å². The Balaban J connectivity index is 4.70. The number of hydrogen-bond acceptors (Lipinski definition) is 3.